The monoisotopic (exact) mass is 259 g/mol. The lowest BCUT2D eigenvalue weighted by Crippen LogP contribution is -2.35. The number of hydrogen-bond donors (Lipinski definition) is 1. The minimum absolute atomic E-state index is 0.530. The van der Waals surface area contributed by atoms with Gasteiger partial charge in [-0.2, -0.15) is 8.78 Å². The highest BCUT2D eigenvalue weighted by Crippen LogP contribution is 2.31. The van der Waals surface area contributed by atoms with Gasteiger partial charge in [-0.05, 0) is 16.5 Å². The van der Waals surface area contributed by atoms with E-state index >= 15 is 0 Å². The van der Waals surface area contributed by atoms with Gasteiger partial charge >= 0.3 is 5.92 Å². The highest BCUT2D eigenvalue weighted by Gasteiger charge is 2.42. The van der Waals surface area contributed by atoms with E-state index < -0.39 is 30.1 Å². The molecule has 96 valence electrons. The van der Waals surface area contributed by atoms with Crippen molar-refractivity contribution in [3.05, 3.63) is 36.2 Å². The summed E-state index contributed by atoms with van der Waals surface area (Å²) in [6, 6.07) is 1.51. The van der Waals surface area contributed by atoms with Crippen LogP contribution in [0.15, 0.2) is 24.7 Å². The summed E-state index contributed by atoms with van der Waals surface area (Å²) in [6.07, 6.45) is -0.129. The fourth-order valence-electron chi connectivity index (χ4n) is 1.31. The van der Waals surface area contributed by atoms with Gasteiger partial charge in [0.1, 0.15) is 23.9 Å². The Hall–Kier alpha value is -2.03. The molecule has 0 aliphatic carbocycles. The van der Waals surface area contributed by atoms with Crippen molar-refractivity contribution in [2.45, 2.75) is 18.6 Å². The van der Waals surface area contributed by atoms with Crippen molar-refractivity contribution in [1.82, 2.24) is 25.2 Å². The molecule has 0 bridgehead atoms. The molecular formula is C9H8F3N5O. The molecule has 0 aromatic carbocycles. The van der Waals surface area contributed by atoms with Crippen LogP contribution in [0.5, 0.6) is 0 Å². The molecule has 6 nitrogen and oxygen atoms in total. The van der Waals surface area contributed by atoms with Crippen molar-refractivity contribution in [1.29, 1.82) is 0 Å². The fourth-order valence-corrected chi connectivity index (χ4v) is 1.31. The molecule has 0 radical (unpaired) electrons. The van der Waals surface area contributed by atoms with E-state index in [0.29, 0.717) is 6.07 Å². The SMILES string of the molecule is OC(Cn1cnnn1)C(F)(F)c1cc(F)ccn1. The Morgan fingerprint density at radius 1 is 1.44 bits per heavy atom. The summed E-state index contributed by atoms with van der Waals surface area (Å²) in [5, 5.41) is 19.3. The topological polar surface area (TPSA) is 76.7 Å². The number of pyridine rings is 1. The molecule has 0 saturated heterocycles. The second-order valence-corrected chi connectivity index (χ2v) is 3.53. The Bertz CT molecular complexity index is 519. The molecule has 1 unspecified atom stereocenters. The Labute approximate surface area is 99.1 Å². The summed E-state index contributed by atoms with van der Waals surface area (Å²) in [4.78, 5) is 3.35. The summed E-state index contributed by atoms with van der Waals surface area (Å²) in [5.41, 5.74) is -0.844. The van der Waals surface area contributed by atoms with Crippen LogP contribution in [0.3, 0.4) is 0 Å². The molecule has 2 aromatic rings. The lowest BCUT2D eigenvalue weighted by molar-refractivity contribution is -0.125. The Morgan fingerprint density at radius 3 is 2.83 bits per heavy atom. The molecule has 18 heavy (non-hydrogen) atoms. The molecule has 2 aromatic heterocycles. The van der Waals surface area contributed by atoms with Gasteiger partial charge in [0.2, 0.25) is 0 Å². The van der Waals surface area contributed by atoms with Gasteiger partial charge in [0.25, 0.3) is 0 Å². The molecule has 2 heterocycles. The Morgan fingerprint density at radius 2 is 2.22 bits per heavy atom. The molecule has 9 heteroatoms. The average molecular weight is 259 g/mol. The minimum atomic E-state index is -3.70. The number of halogens is 3. The van der Waals surface area contributed by atoms with Gasteiger partial charge in [-0.25, -0.2) is 9.07 Å². The van der Waals surface area contributed by atoms with Crippen molar-refractivity contribution >= 4 is 0 Å². The first-order chi connectivity index (χ1) is 8.50. The molecule has 0 spiro atoms. The maximum Gasteiger partial charge on any atom is 0.316 e. The third-order valence-corrected chi connectivity index (χ3v) is 2.23. The average Bonchev–Trinajstić information content (AvgIpc) is 2.81. The van der Waals surface area contributed by atoms with Gasteiger partial charge < -0.3 is 5.11 Å². The molecule has 0 aliphatic heterocycles. The van der Waals surface area contributed by atoms with Crippen LogP contribution in [0.2, 0.25) is 0 Å². The van der Waals surface area contributed by atoms with E-state index in [1.54, 1.807) is 0 Å². The van der Waals surface area contributed by atoms with E-state index in [1.165, 1.54) is 0 Å². The van der Waals surface area contributed by atoms with E-state index in [9.17, 15) is 18.3 Å². The minimum Gasteiger partial charge on any atom is -0.384 e. The lowest BCUT2D eigenvalue weighted by Gasteiger charge is -2.21. The molecular weight excluding hydrogens is 251 g/mol. The van der Waals surface area contributed by atoms with Gasteiger partial charge in [0, 0.05) is 12.3 Å². The third kappa shape index (κ3) is 2.45. The van der Waals surface area contributed by atoms with Gasteiger partial charge in [0.15, 0.2) is 0 Å². The maximum absolute atomic E-state index is 13.8. The molecule has 0 fully saturated rings. The summed E-state index contributed by atoms with van der Waals surface area (Å²) < 4.78 is 41.3. The number of tetrazole rings is 1. The quantitative estimate of drug-likeness (QED) is 0.857. The van der Waals surface area contributed by atoms with Crippen LogP contribution in [0.1, 0.15) is 5.69 Å². The zero-order valence-corrected chi connectivity index (χ0v) is 8.91. The second-order valence-electron chi connectivity index (χ2n) is 3.53. The Balaban J connectivity index is 2.19. The maximum atomic E-state index is 13.8. The first-order valence-electron chi connectivity index (χ1n) is 4.89. The predicted octanol–water partition coefficient (Wildman–Crippen LogP) is 0.360. The largest absolute Gasteiger partial charge is 0.384 e. The standard InChI is InChI=1S/C9H8F3N5O/c10-6-1-2-13-7(3-6)9(11,12)8(18)4-17-5-14-15-16-17/h1-3,5,8,18H,4H2. The number of aliphatic hydroxyl groups excluding tert-OH is 1. The number of hydrogen-bond acceptors (Lipinski definition) is 5. The van der Waals surface area contributed by atoms with Crippen molar-refractivity contribution in [3.63, 3.8) is 0 Å². The van der Waals surface area contributed by atoms with Gasteiger partial charge in [-0.3, -0.25) is 4.98 Å². The number of aromatic nitrogens is 5. The van der Waals surface area contributed by atoms with Gasteiger partial charge in [0.05, 0.1) is 6.54 Å². The summed E-state index contributed by atoms with van der Waals surface area (Å²) in [7, 11) is 0. The zero-order valence-electron chi connectivity index (χ0n) is 8.91. The van der Waals surface area contributed by atoms with Gasteiger partial charge in [-0.15, -0.1) is 5.10 Å². The molecule has 0 saturated carbocycles. The smallest absolute Gasteiger partial charge is 0.316 e. The summed E-state index contributed by atoms with van der Waals surface area (Å²) in [6.45, 7) is -0.530. The molecule has 1 atom stereocenters. The van der Waals surface area contributed by atoms with Crippen LogP contribution in [0, 0.1) is 5.82 Å². The number of alkyl halides is 2. The zero-order chi connectivity index (χ0) is 13.2. The first-order valence-corrected chi connectivity index (χ1v) is 4.89. The first kappa shape index (κ1) is 12.4. The normalized spacial score (nSPS) is 13.6. The molecule has 0 amide bonds. The van der Waals surface area contributed by atoms with E-state index in [-0.39, 0.29) is 0 Å². The number of nitrogens with zero attached hydrogens (tertiary/aromatic N) is 5. The van der Waals surface area contributed by atoms with E-state index in [2.05, 4.69) is 20.5 Å². The Kier molecular flexibility index (Phi) is 3.24. The summed E-state index contributed by atoms with van der Waals surface area (Å²) >= 11 is 0. The summed E-state index contributed by atoms with van der Waals surface area (Å²) in [5.74, 6) is -4.55. The van der Waals surface area contributed by atoms with Crippen molar-refractivity contribution in [2.24, 2.45) is 0 Å². The van der Waals surface area contributed by atoms with Crippen LogP contribution < -0.4 is 0 Å². The predicted molar refractivity (Wildman–Crippen MR) is 51.9 cm³/mol. The third-order valence-electron chi connectivity index (χ3n) is 2.23. The number of rotatable bonds is 4. The van der Waals surface area contributed by atoms with Crippen LogP contribution in [0.25, 0.3) is 0 Å². The van der Waals surface area contributed by atoms with Crippen LogP contribution in [0.4, 0.5) is 13.2 Å². The van der Waals surface area contributed by atoms with Crippen molar-refractivity contribution in [3.8, 4) is 0 Å². The van der Waals surface area contributed by atoms with E-state index in [1.807, 2.05) is 0 Å². The lowest BCUT2D eigenvalue weighted by atomic mass is 10.1. The molecule has 1 N–H and O–H groups in total. The van der Waals surface area contributed by atoms with Crippen LogP contribution in [-0.2, 0) is 12.5 Å². The van der Waals surface area contributed by atoms with E-state index in [4.69, 9.17) is 0 Å². The van der Waals surface area contributed by atoms with Gasteiger partial charge in [-0.1, -0.05) is 0 Å². The highest BCUT2D eigenvalue weighted by atomic mass is 19.3. The molecule has 0 aliphatic rings. The van der Waals surface area contributed by atoms with Crippen molar-refractivity contribution < 1.29 is 18.3 Å². The fraction of sp³-hybridized carbons (Fsp3) is 0.333. The van der Waals surface area contributed by atoms with E-state index in [0.717, 1.165) is 23.3 Å². The molecule has 2 rings (SSSR count). The van der Waals surface area contributed by atoms with Crippen LogP contribution >= 0.6 is 0 Å². The second kappa shape index (κ2) is 4.69. The van der Waals surface area contributed by atoms with Crippen LogP contribution in [-0.4, -0.2) is 36.4 Å². The highest BCUT2D eigenvalue weighted by molar-refractivity contribution is 5.13. The number of aliphatic hydroxyl groups is 1. The van der Waals surface area contributed by atoms with Crippen molar-refractivity contribution in [2.75, 3.05) is 0 Å².